The van der Waals surface area contributed by atoms with Crippen molar-refractivity contribution in [2.24, 2.45) is 0 Å². The van der Waals surface area contributed by atoms with Crippen LogP contribution in [0.2, 0.25) is 0 Å². The molecular weight excluding hydrogens is 287 g/mol. The third-order valence-corrected chi connectivity index (χ3v) is 2.65. The fourth-order valence-electron chi connectivity index (χ4n) is 1.63. The van der Waals surface area contributed by atoms with E-state index in [0.29, 0.717) is 24.4 Å². The van der Waals surface area contributed by atoms with Gasteiger partial charge in [-0.1, -0.05) is 17.3 Å². The van der Waals surface area contributed by atoms with Crippen LogP contribution in [0.5, 0.6) is 0 Å². The Morgan fingerprint density at radius 1 is 1.29 bits per heavy atom. The van der Waals surface area contributed by atoms with E-state index in [4.69, 9.17) is 4.52 Å². The summed E-state index contributed by atoms with van der Waals surface area (Å²) < 4.78 is 42.3. The highest BCUT2D eigenvalue weighted by Crippen LogP contribution is 2.30. The lowest BCUT2D eigenvalue weighted by molar-refractivity contribution is -0.137. The minimum Gasteiger partial charge on any atom is -0.356 e. The SMILES string of the molecule is CC(=O)NCCc1nc(-c2ccc(C(F)(F)F)cc2)no1. The van der Waals surface area contributed by atoms with Gasteiger partial charge >= 0.3 is 6.18 Å². The monoisotopic (exact) mass is 299 g/mol. The maximum atomic E-state index is 12.4. The van der Waals surface area contributed by atoms with Gasteiger partial charge in [0.05, 0.1) is 5.56 Å². The summed E-state index contributed by atoms with van der Waals surface area (Å²) in [7, 11) is 0. The first-order chi connectivity index (χ1) is 9.86. The minimum atomic E-state index is -4.38. The van der Waals surface area contributed by atoms with Gasteiger partial charge in [-0.25, -0.2) is 0 Å². The van der Waals surface area contributed by atoms with Gasteiger partial charge < -0.3 is 9.84 Å². The zero-order valence-corrected chi connectivity index (χ0v) is 11.1. The normalized spacial score (nSPS) is 11.4. The predicted molar refractivity (Wildman–Crippen MR) is 67.1 cm³/mol. The molecule has 0 spiro atoms. The molecule has 0 aliphatic heterocycles. The van der Waals surface area contributed by atoms with Gasteiger partial charge in [-0.3, -0.25) is 4.79 Å². The molecule has 0 saturated carbocycles. The van der Waals surface area contributed by atoms with E-state index in [2.05, 4.69) is 15.5 Å². The van der Waals surface area contributed by atoms with Gasteiger partial charge in [0.25, 0.3) is 0 Å². The third-order valence-electron chi connectivity index (χ3n) is 2.65. The van der Waals surface area contributed by atoms with Gasteiger partial charge in [-0.2, -0.15) is 18.2 Å². The molecule has 0 saturated heterocycles. The van der Waals surface area contributed by atoms with Crippen molar-refractivity contribution in [1.82, 2.24) is 15.5 Å². The number of hydrogen-bond donors (Lipinski definition) is 1. The van der Waals surface area contributed by atoms with Crippen LogP contribution in [0.3, 0.4) is 0 Å². The Labute approximate surface area is 118 Å². The first-order valence-corrected chi connectivity index (χ1v) is 6.11. The summed E-state index contributed by atoms with van der Waals surface area (Å²) >= 11 is 0. The van der Waals surface area contributed by atoms with Crippen molar-refractivity contribution in [3.63, 3.8) is 0 Å². The number of amides is 1. The Kier molecular flexibility index (Phi) is 4.25. The van der Waals surface area contributed by atoms with E-state index in [1.807, 2.05) is 0 Å². The van der Waals surface area contributed by atoms with Gasteiger partial charge in [-0.15, -0.1) is 0 Å². The number of hydrogen-bond acceptors (Lipinski definition) is 4. The second kappa shape index (κ2) is 5.94. The maximum absolute atomic E-state index is 12.4. The topological polar surface area (TPSA) is 68.0 Å². The fourth-order valence-corrected chi connectivity index (χ4v) is 1.63. The smallest absolute Gasteiger partial charge is 0.356 e. The Balaban J connectivity index is 2.05. The minimum absolute atomic E-state index is 0.169. The van der Waals surface area contributed by atoms with E-state index < -0.39 is 11.7 Å². The number of alkyl halides is 3. The van der Waals surface area contributed by atoms with Crippen LogP contribution < -0.4 is 5.32 Å². The lowest BCUT2D eigenvalue weighted by Gasteiger charge is -2.05. The molecule has 1 heterocycles. The number of nitrogens with one attached hydrogen (secondary N) is 1. The molecule has 0 aliphatic carbocycles. The fraction of sp³-hybridized carbons (Fsp3) is 0.308. The molecule has 21 heavy (non-hydrogen) atoms. The van der Waals surface area contributed by atoms with Crippen LogP contribution in [0.15, 0.2) is 28.8 Å². The Morgan fingerprint density at radius 2 is 1.95 bits per heavy atom. The molecule has 112 valence electrons. The molecule has 0 atom stereocenters. The zero-order chi connectivity index (χ0) is 15.5. The van der Waals surface area contributed by atoms with Crippen molar-refractivity contribution in [3.05, 3.63) is 35.7 Å². The second-order valence-corrected chi connectivity index (χ2v) is 4.32. The van der Waals surface area contributed by atoms with Crippen molar-refractivity contribution in [2.75, 3.05) is 6.54 Å². The largest absolute Gasteiger partial charge is 0.416 e. The number of carbonyl (C=O) groups excluding carboxylic acids is 1. The van der Waals surface area contributed by atoms with Crippen LogP contribution in [0.1, 0.15) is 18.4 Å². The van der Waals surface area contributed by atoms with Crippen LogP contribution >= 0.6 is 0 Å². The highest BCUT2D eigenvalue weighted by atomic mass is 19.4. The predicted octanol–water partition coefficient (Wildman–Crippen LogP) is 2.43. The quantitative estimate of drug-likeness (QED) is 0.941. The molecule has 2 aromatic rings. The molecule has 0 fully saturated rings. The van der Waals surface area contributed by atoms with Crippen LogP contribution in [0.25, 0.3) is 11.4 Å². The van der Waals surface area contributed by atoms with E-state index in [0.717, 1.165) is 12.1 Å². The van der Waals surface area contributed by atoms with E-state index in [9.17, 15) is 18.0 Å². The number of aromatic nitrogens is 2. The maximum Gasteiger partial charge on any atom is 0.416 e. The van der Waals surface area contributed by atoms with Crippen LogP contribution in [0.4, 0.5) is 13.2 Å². The molecule has 5 nitrogen and oxygen atoms in total. The summed E-state index contributed by atoms with van der Waals surface area (Å²) in [4.78, 5) is 14.8. The lowest BCUT2D eigenvalue weighted by atomic mass is 10.1. The molecule has 0 unspecified atom stereocenters. The van der Waals surface area contributed by atoms with Crippen molar-refractivity contribution in [3.8, 4) is 11.4 Å². The summed E-state index contributed by atoms with van der Waals surface area (Å²) in [5.74, 6) is 0.345. The first-order valence-electron chi connectivity index (χ1n) is 6.11. The average molecular weight is 299 g/mol. The molecule has 0 bridgehead atoms. The molecule has 2 rings (SSSR count). The summed E-state index contributed by atoms with van der Waals surface area (Å²) in [5, 5.41) is 6.27. The van der Waals surface area contributed by atoms with Crippen molar-refractivity contribution in [2.45, 2.75) is 19.5 Å². The van der Waals surface area contributed by atoms with E-state index >= 15 is 0 Å². The first kappa shape index (κ1) is 15.0. The molecule has 1 aromatic heterocycles. The van der Waals surface area contributed by atoms with E-state index in [1.54, 1.807) is 0 Å². The molecule has 1 amide bonds. The van der Waals surface area contributed by atoms with E-state index in [1.165, 1.54) is 19.1 Å². The molecule has 0 aliphatic rings. The average Bonchev–Trinajstić information content (AvgIpc) is 2.86. The number of nitrogens with zero attached hydrogens (tertiary/aromatic N) is 2. The van der Waals surface area contributed by atoms with Gasteiger partial charge in [0, 0.05) is 25.5 Å². The molecular formula is C13H12F3N3O2. The lowest BCUT2D eigenvalue weighted by Crippen LogP contribution is -2.22. The Hall–Kier alpha value is -2.38. The molecule has 1 N–H and O–H groups in total. The highest BCUT2D eigenvalue weighted by molar-refractivity contribution is 5.72. The summed E-state index contributed by atoms with van der Waals surface area (Å²) in [6, 6.07) is 4.49. The summed E-state index contributed by atoms with van der Waals surface area (Å²) in [5.41, 5.74) is -0.307. The Bertz CT molecular complexity index is 620. The summed E-state index contributed by atoms with van der Waals surface area (Å²) in [6.07, 6.45) is -4.02. The van der Waals surface area contributed by atoms with Crippen LogP contribution in [-0.2, 0) is 17.4 Å². The van der Waals surface area contributed by atoms with Gasteiger partial charge in [0.2, 0.25) is 17.6 Å². The summed E-state index contributed by atoms with van der Waals surface area (Å²) in [6.45, 7) is 1.74. The zero-order valence-electron chi connectivity index (χ0n) is 11.1. The number of carbonyl (C=O) groups is 1. The standard InChI is InChI=1S/C13H12F3N3O2/c1-8(20)17-7-6-11-18-12(19-21-11)9-2-4-10(5-3-9)13(14,15)16/h2-5H,6-7H2,1H3,(H,17,20). The van der Waals surface area contributed by atoms with Crippen LogP contribution in [-0.4, -0.2) is 22.6 Å². The number of benzene rings is 1. The third kappa shape index (κ3) is 4.04. The second-order valence-electron chi connectivity index (χ2n) is 4.32. The van der Waals surface area contributed by atoms with Crippen molar-refractivity contribution in [1.29, 1.82) is 0 Å². The highest BCUT2D eigenvalue weighted by Gasteiger charge is 2.30. The molecule has 1 aromatic carbocycles. The van der Waals surface area contributed by atoms with Crippen molar-refractivity contribution >= 4 is 5.91 Å². The van der Waals surface area contributed by atoms with E-state index in [-0.39, 0.29) is 11.7 Å². The molecule has 0 radical (unpaired) electrons. The molecule has 8 heteroatoms. The van der Waals surface area contributed by atoms with Crippen LogP contribution in [0, 0.1) is 0 Å². The Morgan fingerprint density at radius 3 is 2.52 bits per heavy atom. The van der Waals surface area contributed by atoms with Gasteiger partial charge in [0.15, 0.2) is 0 Å². The van der Waals surface area contributed by atoms with Crippen molar-refractivity contribution < 1.29 is 22.5 Å². The number of rotatable bonds is 4. The van der Waals surface area contributed by atoms with Gasteiger partial charge in [0.1, 0.15) is 0 Å². The number of halogens is 3. The van der Waals surface area contributed by atoms with Gasteiger partial charge in [-0.05, 0) is 12.1 Å².